The second-order valence-corrected chi connectivity index (χ2v) is 9.73. The predicted molar refractivity (Wildman–Crippen MR) is 137 cm³/mol. The van der Waals surface area contributed by atoms with Crippen LogP contribution in [0.1, 0.15) is 38.7 Å². The lowest BCUT2D eigenvalue weighted by Crippen LogP contribution is -2.44. The van der Waals surface area contributed by atoms with E-state index >= 15 is 0 Å². The molecule has 0 aromatic heterocycles. The fourth-order valence-corrected chi connectivity index (χ4v) is 6.08. The van der Waals surface area contributed by atoms with Gasteiger partial charge in [0.1, 0.15) is 11.8 Å². The standard InChI is InChI=1S/C30H26N2O4/c1-17-8-13-23(18(2)16-17)32-29(34)24-25(30(32)35)27(28(33)20-9-11-21(36-3)12-10-20)31-15-14-19-6-4-5-7-22(19)26(24)31/h4-16,24-27H,1-3H3/t24-,25+,26+,27-/m0/s1. The van der Waals surface area contributed by atoms with Crippen LogP contribution in [0.5, 0.6) is 5.75 Å². The van der Waals surface area contributed by atoms with E-state index in [9.17, 15) is 14.4 Å². The third-order valence-electron chi connectivity index (χ3n) is 7.70. The minimum Gasteiger partial charge on any atom is -0.497 e. The molecular weight excluding hydrogens is 452 g/mol. The number of benzene rings is 3. The van der Waals surface area contributed by atoms with Crippen molar-refractivity contribution >= 4 is 29.4 Å². The van der Waals surface area contributed by atoms with Gasteiger partial charge < -0.3 is 9.64 Å². The summed E-state index contributed by atoms with van der Waals surface area (Å²) >= 11 is 0. The number of carbonyl (C=O) groups is 3. The lowest BCUT2D eigenvalue weighted by Gasteiger charge is -2.35. The van der Waals surface area contributed by atoms with Crippen LogP contribution in [0.4, 0.5) is 5.69 Å². The minimum atomic E-state index is -0.787. The molecular formula is C30H26N2O4. The molecule has 0 bridgehead atoms. The number of Topliss-reactive ketones (excluding diaryl/α,β-unsaturated/α-hetero) is 1. The number of anilines is 1. The highest BCUT2D eigenvalue weighted by atomic mass is 16.5. The Bertz CT molecular complexity index is 1440. The summed E-state index contributed by atoms with van der Waals surface area (Å²) in [6.07, 6.45) is 3.83. The molecule has 3 heterocycles. The molecule has 4 atom stereocenters. The summed E-state index contributed by atoms with van der Waals surface area (Å²) < 4.78 is 5.24. The van der Waals surface area contributed by atoms with E-state index in [2.05, 4.69) is 0 Å². The van der Waals surface area contributed by atoms with E-state index in [1.807, 2.05) is 73.5 Å². The molecule has 3 aromatic rings. The Kier molecular flexibility index (Phi) is 5.07. The molecule has 3 aromatic carbocycles. The zero-order valence-electron chi connectivity index (χ0n) is 20.3. The molecule has 180 valence electrons. The molecule has 36 heavy (non-hydrogen) atoms. The number of methoxy groups -OCH3 is 1. The van der Waals surface area contributed by atoms with Gasteiger partial charge in [-0.1, -0.05) is 42.0 Å². The van der Waals surface area contributed by atoms with Crippen LogP contribution in [-0.2, 0) is 9.59 Å². The molecule has 6 rings (SSSR count). The van der Waals surface area contributed by atoms with Crippen molar-refractivity contribution < 1.29 is 19.1 Å². The van der Waals surface area contributed by atoms with Gasteiger partial charge >= 0.3 is 0 Å². The topological polar surface area (TPSA) is 66.9 Å². The average Bonchev–Trinajstić information content (AvgIpc) is 3.36. The van der Waals surface area contributed by atoms with Crippen molar-refractivity contribution in [2.75, 3.05) is 12.0 Å². The largest absolute Gasteiger partial charge is 0.497 e. The zero-order chi connectivity index (χ0) is 25.1. The maximum absolute atomic E-state index is 14.0. The van der Waals surface area contributed by atoms with Crippen LogP contribution < -0.4 is 9.64 Å². The summed E-state index contributed by atoms with van der Waals surface area (Å²) in [5.74, 6) is -1.53. The second-order valence-electron chi connectivity index (χ2n) is 9.73. The molecule has 6 heteroatoms. The molecule has 0 radical (unpaired) electrons. The number of hydrogen-bond acceptors (Lipinski definition) is 5. The Morgan fingerprint density at radius 1 is 0.889 bits per heavy atom. The van der Waals surface area contributed by atoms with Gasteiger partial charge in [0.25, 0.3) is 0 Å². The summed E-state index contributed by atoms with van der Waals surface area (Å²) in [6.45, 7) is 3.88. The number of amides is 2. The van der Waals surface area contributed by atoms with Gasteiger partial charge in [-0.2, -0.15) is 0 Å². The van der Waals surface area contributed by atoms with Crippen LogP contribution in [0.2, 0.25) is 0 Å². The van der Waals surface area contributed by atoms with Gasteiger partial charge in [-0.25, -0.2) is 4.90 Å². The van der Waals surface area contributed by atoms with Crippen molar-refractivity contribution in [3.05, 3.63) is 101 Å². The summed E-state index contributed by atoms with van der Waals surface area (Å²) in [4.78, 5) is 45.2. The minimum absolute atomic E-state index is 0.178. The highest BCUT2D eigenvalue weighted by Gasteiger charge is 2.64. The number of imide groups is 1. The third-order valence-corrected chi connectivity index (χ3v) is 7.70. The fourth-order valence-electron chi connectivity index (χ4n) is 6.08. The Morgan fingerprint density at radius 2 is 1.61 bits per heavy atom. The molecule has 2 amide bonds. The first-order valence-corrected chi connectivity index (χ1v) is 12.1. The van der Waals surface area contributed by atoms with Gasteiger partial charge in [0, 0.05) is 11.8 Å². The van der Waals surface area contributed by atoms with E-state index in [1.165, 1.54) is 4.90 Å². The fraction of sp³-hybridized carbons (Fsp3) is 0.233. The molecule has 3 aliphatic heterocycles. The molecule has 3 aliphatic rings. The Labute approximate surface area is 209 Å². The van der Waals surface area contributed by atoms with Crippen LogP contribution in [0, 0.1) is 25.7 Å². The SMILES string of the molecule is COc1ccc(C(=O)[C@@H]2[C@@H]3C(=O)N(c4ccc(C)cc4C)C(=O)[C@@H]3[C@H]3c4ccccc4C=CN23)cc1. The maximum Gasteiger partial charge on any atom is 0.240 e. The molecule has 2 saturated heterocycles. The van der Waals surface area contributed by atoms with E-state index in [4.69, 9.17) is 4.74 Å². The average molecular weight is 479 g/mol. The van der Waals surface area contributed by atoms with E-state index in [0.29, 0.717) is 17.0 Å². The number of rotatable bonds is 4. The number of ether oxygens (including phenoxy) is 1. The highest BCUT2D eigenvalue weighted by molar-refractivity contribution is 6.25. The van der Waals surface area contributed by atoms with Crippen molar-refractivity contribution in [3.8, 4) is 5.75 Å². The Hall–Kier alpha value is -4.19. The molecule has 2 fully saturated rings. The van der Waals surface area contributed by atoms with Gasteiger partial charge in [0.15, 0.2) is 5.78 Å². The van der Waals surface area contributed by atoms with E-state index in [0.717, 1.165) is 22.3 Å². The first-order valence-electron chi connectivity index (χ1n) is 12.1. The summed E-state index contributed by atoms with van der Waals surface area (Å²) in [7, 11) is 1.57. The van der Waals surface area contributed by atoms with Gasteiger partial charge in [0.2, 0.25) is 11.8 Å². The van der Waals surface area contributed by atoms with Crippen LogP contribution in [0.3, 0.4) is 0 Å². The van der Waals surface area contributed by atoms with Gasteiger partial charge in [-0.3, -0.25) is 14.4 Å². The smallest absolute Gasteiger partial charge is 0.240 e. The van der Waals surface area contributed by atoms with Crippen molar-refractivity contribution in [1.82, 2.24) is 4.90 Å². The van der Waals surface area contributed by atoms with Crippen molar-refractivity contribution in [2.45, 2.75) is 25.9 Å². The summed E-state index contributed by atoms with van der Waals surface area (Å²) in [5.41, 5.74) is 4.95. The van der Waals surface area contributed by atoms with E-state index in [-0.39, 0.29) is 17.6 Å². The zero-order valence-corrected chi connectivity index (χ0v) is 20.3. The van der Waals surface area contributed by atoms with E-state index in [1.54, 1.807) is 31.4 Å². The summed E-state index contributed by atoms with van der Waals surface area (Å²) in [6, 6.07) is 19.3. The van der Waals surface area contributed by atoms with Crippen LogP contribution in [-0.4, -0.2) is 35.6 Å². The normalized spacial score (nSPS) is 24.0. The number of fused-ring (bicyclic) bond motifs is 5. The van der Waals surface area contributed by atoms with Gasteiger partial charge in [-0.05, 0) is 66.9 Å². The summed E-state index contributed by atoms with van der Waals surface area (Å²) in [5, 5.41) is 0. The van der Waals surface area contributed by atoms with Gasteiger partial charge in [0.05, 0.1) is 30.7 Å². The monoisotopic (exact) mass is 478 g/mol. The number of ketones is 1. The van der Waals surface area contributed by atoms with Crippen LogP contribution in [0.25, 0.3) is 6.08 Å². The van der Waals surface area contributed by atoms with Gasteiger partial charge in [-0.15, -0.1) is 0 Å². The lowest BCUT2D eigenvalue weighted by molar-refractivity contribution is -0.123. The van der Waals surface area contributed by atoms with Crippen LogP contribution >= 0.6 is 0 Å². The quantitative estimate of drug-likeness (QED) is 0.401. The third kappa shape index (κ3) is 3.14. The molecule has 0 saturated carbocycles. The Balaban J connectivity index is 1.49. The molecule has 0 N–H and O–H groups in total. The number of aryl methyl sites for hydroxylation is 2. The molecule has 0 unspecified atom stereocenters. The molecule has 0 aliphatic carbocycles. The van der Waals surface area contributed by atoms with Crippen molar-refractivity contribution in [2.24, 2.45) is 11.8 Å². The second kappa shape index (κ2) is 8.19. The first-order chi connectivity index (χ1) is 17.4. The van der Waals surface area contributed by atoms with Crippen molar-refractivity contribution in [1.29, 1.82) is 0 Å². The maximum atomic E-state index is 14.0. The number of carbonyl (C=O) groups excluding carboxylic acids is 3. The molecule has 0 spiro atoms. The van der Waals surface area contributed by atoms with Crippen molar-refractivity contribution in [3.63, 3.8) is 0 Å². The predicted octanol–water partition coefficient (Wildman–Crippen LogP) is 4.71. The van der Waals surface area contributed by atoms with E-state index < -0.39 is 23.9 Å². The first kappa shape index (κ1) is 22.3. The number of nitrogens with zero attached hydrogens (tertiary/aromatic N) is 2. The lowest BCUT2D eigenvalue weighted by atomic mass is 9.83. The van der Waals surface area contributed by atoms with Crippen LogP contribution in [0.15, 0.2) is 72.9 Å². The highest BCUT2D eigenvalue weighted by Crippen LogP contribution is 2.54. The number of hydrogen-bond donors (Lipinski definition) is 0. The Morgan fingerprint density at radius 3 is 2.33 bits per heavy atom. The molecule has 6 nitrogen and oxygen atoms in total.